The Morgan fingerprint density at radius 3 is 2.44 bits per heavy atom. The van der Waals surface area contributed by atoms with E-state index in [0.29, 0.717) is 12.5 Å². The molecule has 18 heavy (non-hydrogen) atoms. The minimum absolute atomic E-state index is 0.0623. The van der Waals surface area contributed by atoms with Crippen LogP contribution in [-0.4, -0.2) is 24.7 Å². The molecule has 0 saturated heterocycles. The van der Waals surface area contributed by atoms with Crippen LogP contribution in [0.4, 0.5) is 0 Å². The van der Waals surface area contributed by atoms with E-state index in [1.165, 1.54) is 5.56 Å². The molecular formula is C15H23NO2. The summed E-state index contributed by atoms with van der Waals surface area (Å²) in [5.74, 6) is 0.248. The van der Waals surface area contributed by atoms with Crippen LogP contribution in [0.5, 0.6) is 0 Å². The molecule has 1 unspecified atom stereocenters. The maximum absolute atomic E-state index is 11.6. The van der Waals surface area contributed by atoms with Crippen LogP contribution in [0, 0.1) is 0 Å². The average Bonchev–Trinajstić information content (AvgIpc) is 2.33. The topological polar surface area (TPSA) is 38.3 Å². The summed E-state index contributed by atoms with van der Waals surface area (Å²) in [6.07, 6.45) is 0. The van der Waals surface area contributed by atoms with E-state index in [-0.39, 0.29) is 18.1 Å². The van der Waals surface area contributed by atoms with Gasteiger partial charge in [0.1, 0.15) is 6.61 Å². The molecular weight excluding hydrogens is 226 g/mol. The zero-order valence-corrected chi connectivity index (χ0v) is 11.7. The van der Waals surface area contributed by atoms with Crippen LogP contribution in [-0.2, 0) is 9.53 Å². The van der Waals surface area contributed by atoms with E-state index < -0.39 is 0 Å². The Morgan fingerprint density at radius 2 is 1.89 bits per heavy atom. The van der Waals surface area contributed by atoms with E-state index in [0.717, 1.165) is 0 Å². The largest absolute Gasteiger partial charge is 0.366 e. The third-order valence-electron chi connectivity index (χ3n) is 2.61. The predicted octanol–water partition coefficient (Wildman–Crippen LogP) is 2.72. The molecule has 0 aromatic heterocycles. The lowest BCUT2D eigenvalue weighted by atomic mass is 10.0. The van der Waals surface area contributed by atoms with E-state index in [9.17, 15) is 4.79 Å². The van der Waals surface area contributed by atoms with E-state index in [4.69, 9.17) is 4.74 Å². The number of rotatable bonds is 5. The smallest absolute Gasteiger partial charge is 0.246 e. The van der Waals surface area contributed by atoms with Crippen molar-refractivity contribution in [2.24, 2.45) is 0 Å². The first-order valence-corrected chi connectivity index (χ1v) is 6.34. The number of benzene rings is 1. The second-order valence-electron chi connectivity index (χ2n) is 5.52. The zero-order valence-electron chi connectivity index (χ0n) is 11.7. The number of hydrogen-bond donors (Lipinski definition) is 1. The first-order chi connectivity index (χ1) is 8.38. The molecule has 0 aliphatic carbocycles. The van der Waals surface area contributed by atoms with E-state index in [1.54, 1.807) is 0 Å². The van der Waals surface area contributed by atoms with Gasteiger partial charge in [0.25, 0.3) is 0 Å². The Kier molecular flexibility index (Phi) is 5.35. The highest BCUT2D eigenvalue weighted by Gasteiger charge is 2.13. The summed E-state index contributed by atoms with van der Waals surface area (Å²) in [7, 11) is 0. The van der Waals surface area contributed by atoms with Gasteiger partial charge in [0.05, 0.1) is 5.60 Å². The Balaban J connectivity index is 2.31. The van der Waals surface area contributed by atoms with Crippen LogP contribution >= 0.6 is 0 Å². The maximum atomic E-state index is 11.6. The second kappa shape index (κ2) is 6.55. The molecule has 0 aliphatic rings. The van der Waals surface area contributed by atoms with Crippen LogP contribution in [0.3, 0.4) is 0 Å². The summed E-state index contributed by atoms with van der Waals surface area (Å²) >= 11 is 0. The molecule has 1 rings (SSSR count). The fourth-order valence-electron chi connectivity index (χ4n) is 1.50. The second-order valence-corrected chi connectivity index (χ2v) is 5.52. The van der Waals surface area contributed by atoms with Crippen molar-refractivity contribution in [2.75, 3.05) is 13.2 Å². The summed E-state index contributed by atoms with van der Waals surface area (Å²) in [6, 6.07) is 10.2. The highest BCUT2D eigenvalue weighted by atomic mass is 16.5. The molecule has 0 bridgehead atoms. The molecule has 1 N–H and O–H groups in total. The molecule has 100 valence electrons. The number of amides is 1. The van der Waals surface area contributed by atoms with Crippen molar-refractivity contribution < 1.29 is 9.53 Å². The van der Waals surface area contributed by atoms with Crippen molar-refractivity contribution in [3.63, 3.8) is 0 Å². The lowest BCUT2D eigenvalue weighted by Gasteiger charge is -2.19. The summed E-state index contributed by atoms with van der Waals surface area (Å²) in [5, 5.41) is 2.89. The summed E-state index contributed by atoms with van der Waals surface area (Å²) < 4.78 is 5.42. The molecule has 3 heteroatoms. The van der Waals surface area contributed by atoms with Gasteiger partial charge in [-0.1, -0.05) is 37.3 Å². The Morgan fingerprint density at radius 1 is 1.28 bits per heavy atom. The molecule has 0 spiro atoms. The first kappa shape index (κ1) is 14.7. The van der Waals surface area contributed by atoms with Gasteiger partial charge in [0.15, 0.2) is 0 Å². The van der Waals surface area contributed by atoms with E-state index in [2.05, 4.69) is 24.4 Å². The van der Waals surface area contributed by atoms with E-state index in [1.807, 2.05) is 39.0 Å². The van der Waals surface area contributed by atoms with Crippen molar-refractivity contribution in [3.8, 4) is 0 Å². The summed E-state index contributed by atoms with van der Waals surface area (Å²) in [4.78, 5) is 11.6. The number of hydrogen-bond acceptors (Lipinski definition) is 2. The predicted molar refractivity (Wildman–Crippen MR) is 73.6 cm³/mol. The molecule has 0 heterocycles. The molecule has 0 fully saturated rings. The fourth-order valence-corrected chi connectivity index (χ4v) is 1.50. The third-order valence-corrected chi connectivity index (χ3v) is 2.61. The minimum Gasteiger partial charge on any atom is -0.366 e. The van der Waals surface area contributed by atoms with Crippen molar-refractivity contribution in [1.29, 1.82) is 0 Å². The van der Waals surface area contributed by atoms with Crippen molar-refractivity contribution in [3.05, 3.63) is 35.9 Å². The Labute approximate surface area is 110 Å². The molecule has 0 radical (unpaired) electrons. The standard InChI is InChI=1S/C15H23NO2/c1-12(13-8-6-5-7-9-13)10-16-14(17)11-18-15(2,3)4/h5-9,12H,10-11H2,1-4H3,(H,16,17). The van der Waals surface area contributed by atoms with Crippen molar-refractivity contribution in [2.45, 2.75) is 39.2 Å². The van der Waals surface area contributed by atoms with Crippen LogP contribution in [0.1, 0.15) is 39.2 Å². The number of carbonyl (C=O) groups is 1. The Bertz CT molecular complexity index is 368. The molecule has 1 amide bonds. The van der Waals surface area contributed by atoms with Gasteiger partial charge in [-0.15, -0.1) is 0 Å². The normalized spacial score (nSPS) is 13.1. The van der Waals surface area contributed by atoms with Gasteiger partial charge >= 0.3 is 0 Å². The first-order valence-electron chi connectivity index (χ1n) is 6.34. The number of nitrogens with one attached hydrogen (secondary N) is 1. The highest BCUT2D eigenvalue weighted by molar-refractivity contribution is 5.77. The van der Waals surface area contributed by atoms with Crippen LogP contribution in [0.2, 0.25) is 0 Å². The Hall–Kier alpha value is -1.35. The summed E-state index contributed by atoms with van der Waals surface area (Å²) in [5.41, 5.74) is 0.956. The molecule has 3 nitrogen and oxygen atoms in total. The van der Waals surface area contributed by atoms with Crippen LogP contribution in [0.15, 0.2) is 30.3 Å². The molecule has 0 aliphatic heterocycles. The molecule has 1 atom stereocenters. The van der Waals surface area contributed by atoms with Gasteiger partial charge in [0, 0.05) is 6.54 Å². The lowest BCUT2D eigenvalue weighted by Crippen LogP contribution is -2.34. The molecule has 0 saturated carbocycles. The zero-order chi connectivity index (χ0) is 13.6. The van der Waals surface area contributed by atoms with Gasteiger partial charge in [0.2, 0.25) is 5.91 Å². The van der Waals surface area contributed by atoms with Gasteiger partial charge in [-0.05, 0) is 32.3 Å². The molecule has 1 aromatic carbocycles. The molecule has 1 aromatic rings. The fraction of sp³-hybridized carbons (Fsp3) is 0.533. The van der Waals surface area contributed by atoms with Gasteiger partial charge < -0.3 is 10.1 Å². The monoisotopic (exact) mass is 249 g/mol. The average molecular weight is 249 g/mol. The van der Waals surface area contributed by atoms with Crippen molar-refractivity contribution in [1.82, 2.24) is 5.32 Å². The van der Waals surface area contributed by atoms with Gasteiger partial charge in [-0.25, -0.2) is 0 Å². The quantitative estimate of drug-likeness (QED) is 0.871. The van der Waals surface area contributed by atoms with Crippen molar-refractivity contribution >= 4 is 5.91 Å². The number of carbonyl (C=O) groups excluding carboxylic acids is 1. The van der Waals surface area contributed by atoms with Gasteiger partial charge in [-0.3, -0.25) is 4.79 Å². The van der Waals surface area contributed by atoms with Crippen LogP contribution < -0.4 is 5.32 Å². The van der Waals surface area contributed by atoms with E-state index >= 15 is 0 Å². The maximum Gasteiger partial charge on any atom is 0.246 e. The lowest BCUT2D eigenvalue weighted by molar-refractivity contribution is -0.130. The SMILES string of the molecule is CC(CNC(=O)COC(C)(C)C)c1ccccc1. The highest BCUT2D eigenvalue weighted by Crippen LogP contribution is 2.13. The minimum atomic E-state index is -0.275. The number of ether oxygens (including phenoxy) is 1. The summed E-state index contributed by atoms with van der Waals surface area (Å²) in [6.45, 7) is 8.66. The third kappa shape index (κ3) is 5.82. The van der Waals surface area contributed by atoms with Gasteiger partial charge in [-0.2, -0.15) is 0 Å². The van der Waals surface area contributed by atoms with Crippen LogP contribution in [0.25, 0.3) is 0 Å².